The van der Waals surface area contributed by atoms with Crippen molar-refractivity contribution in [1.82, 2.24) is 0 Å². The minimum Gasteiger partial charge on any atom is -0.300 e. The maximum absolute atomic E-state index is 11.4. The Morgan fingerprint density at radius 2 is 1.80 bits per heavy atom. The van der Waals surface area contributed by atoms with E-state index in [1.807, 2.05) is 6.08 Å². The molecule has 0 atom stereocenters. The van der Waals surface area contributed by atoms with Gasteiger partial charge in [0.05, 0.1) is 0 Å². The van der Waals surface area contributed by atoms with E-state index in [1.165, 1.54) is 12.8 Å². The molecule has 0 aromatic rings. The van der Waals surface area contributed by atoms with Crippen molar-refractivity contribution in [2.45, 2.75) is 58.3 Å². The molecule has 0 aliphatic rings. The van der Waals surface area contributed by atoms with Crippen LogP contribution in [0.1, 0.15) is 58.3 Å². The lowest BCUT2D eigenvalue weighted by molar-refractivity contribution is -0.119. The van der Waals surface area contributed by atoms with Gasteiger partial charge in [-0.1, -0.05) is 44.6 Å². The molecule has 0 saturated heterocycles. The average molecular weight is 208 g/mol. The topological polar surface area (TPSA) is 17.1 Å². The van der Waals surface area contributed by atoms with E-state index in [1.54, 1.807) is 6.08 Å². The number of rotatable bonds is 10. The number of carbonyl (C=O) groups is 1. The summed E-state index contributed by atoms with van der Waals surface area (Å²) in [6.45, 7) is 5.77. The van der Waals surface area contributed by atoms with E-state index >= 15 is 0 Å². The molecule has 0 bridgehead atoms. The molecule has 0 N–H and O–H groups in total. The molecule has 0 amide bonds. The van der Waals surface area contributed by atoms with Gasteiger partial charge in [-0.05, 0) is 25.7 Å². The molecule has 0 aromatic heterocycles. The summed E-state index contributed by atoms with van der Waals surface area (Å²) in [6.07, 6.45) is 14.1. The molecule has 1 nitrogen and oxygen atoms in total. The molecule has 0 saturated carbocycles. The van der Waals surface area contributed by atoms with Gasteiger partial charge < -0.3 is 0 Å². The highest BCUT2D eigenvalue weighted by Gasteiger charge is 2.00. The fraction of sp³-hybridized carbons (Fsp3) is 0.643. The molecule has 0 unspecified atom stereocenters. The second kappa shape index (κ2) is 11.2. The second-order valence-corrected chi connectivity index (χ2v) is 3.91. The number of carbonyl (C=O) groups excluding carboxylic acids is 1. The Balaban J connectivity index is 3.23. The zero-order valence-corrected chi connectivity index (χ0v) is 10.0. The van der Waals surface area contributed by atoms with E-state index < -0.39 is 0 Å². The predicted molar refractivity (Wildman–Crippen MR) is 67.0 cm³/mol. The van der Waals surface area contributed by atoms with Crippen molar-refractivity contribution in [3.63, 3.8) is 0 Å². The zero-order chi connectivity index (χ0) is 11.4. The lowest BCUT2D eigenvalue weighted by Crippen LogP contribution is -1.97. The second-order valence-electron chi connectivity index (χ2n) is 3.91. The first-order chi connectivity index (χ1) is 7.31. The van der Waals surface area contributed by atoms with Crippen LogP contribution in [0, 0.1) is 0 Å². The fourth-order valence-electron chi connectivity index (χ4n) is 1.47. The van der Waals surface area contributed by atoms with Crippen LogP contribution >= 0.6 is 0 Å². The van der Waals surface area contributed by atoms with E-state index in [9.17, 15) is 4.79 Å². The molecule has 0 aliphatic heterocycles. The quantitative estimate of drug-likeness (QED) is 0.383. The third kappa shape index (κ3) is 11.1. The highest BCUT2D eigenvalue weighted by atomic mass is 16.1. The lowest BCUT2D eigenvalue weighted by Gasteiger charge is -1.99. The third-order valence-electron chi connectivity index (χ3n) is 2.41. The lowest BCUT2D eigenvalue weighted by atomic mass is 10.1. The summed E-state index contributed by atoms with van der Waals surface area (Å²) < 4.78 is 0. The Morgan fingerprint density at radius 1 is 1.13 bits per heavy atom. The number of ketones is 1. The van der Waals surface area contributed by atoms with Crippen LogP contribution in [0.3, 0.4) is 0 Å². The standard InChI is InChI=1S/C14H24O/c1-3-5-7-8-9-11-13-14(15)12-10-6-4-2/h3,5,7H,1,4,6,8-13H2,2H3/b7-5-. The van der Waals surface area contributed by atoms with Gasteiger partial charge >= 0.3 is 0 Å². The monoisotopic (exact) mass is 208 g/mol. The number of hydrogen-bond donors (Lipinski definition) is 0. The molecule has 0 rings (SSSR count). The first-order valence-corrected chi connectivity index (χ1v) is 6.10. The molecule has 86 valence electrons. The minimum atomic E-state index is 0.441. The van der Waals surface area contributed by atoms with Gasteiger partial charge in [0.25, 0.3) is 0 Å². The predicted octanol–water partition coefficient (Wildman–Crippen LogP) is 4.44. The molecule has 0 aliphatic carbocycles. The van der Waals surface area contributed by atoms with Crippen molar-refractivity contribution in [2.75, 3.05) is 0 Å². The van der Waals surface area contributed by atoms with E-state index in [-0.39, 0.29) is 0 Å². The Bertz CT molecular complexity index is 192. The molecule has 0 radical (unpaired) electrons. The molecular weight excluding hydrogens is 184 g/mol. The first-order valence-electron chi connectivity index (χ1n) is 6.10. The maximum atomic E-state index is 11.4. The molecule has 0 spiro atoms. The molecule has 0 heterocycles. The summed E-state index contributed by atoms with van der Waals surface area (Å²) in [7, 11) is 0. The summed E-state index contributed by atoms with van der Waals surface area (Å²) in [6, 6.07) is 0. The van der Waals surface area contributed by atoms with Crippen LogP contribution in [0.5, 0.6) is 0 Å². The Hall–Kier alpha value is -0.850. The van der Waals surface area contributed by atoms with Crippen molar-refractivity contribution in [2.24, 2.45) is 0 Å². The Kier molecular flexibility index (Phi) is 10.6. The van der Waals surface area contributed by atoms with Crippen LogP contribution in [0.4, 0.5) is 0 Å². The van der Waals surface area contributed by atoms with Crippen molar-refractivity contribution in [1.29, 1.82) is 0 Å². The van der Waals surface area contributed by atoms with Gasteiger partial charge in [-0.2, -0.15) is 0 Å². The van der Waals surface area contributed by atoms with Gasteiger partial charge in [0.15, 0.2) is 0 Å². The number of hydrogen-bond acceptors (Lipinski definition) is 1. The summed E-state index contributed by atoms with van der Waals surface area (Å²) in [4.78, 5) is 11.4. The minimum absolute atomic E-state index is 0.441. The van der Waals surface area contributed by atoms with Gasteiger partial charge in [-0.15, -0.1) is 0 Å². The van der Waals surface area contributed by atoms with E-state index in [0.717, 1.165) is 38.5 Å². The van der Waals surface area contributed by atoms with Crippen molar-refractivity contribution in [3.8, 4) is 0 Å². The van der Waals surface area contributed by atoms with Gasteiger partial charge in [0.2, 0.25) is 0 Å². The summed E-state index contributed by atoms with van der Waals surface area (Å²) in [5.41, 5.74) is 0. The largest absolute Gasteiger partial charge is 0.300 e. The number of allylic oxidation sites excluding steroid dienone is 3. The Morgan fingerprint density at radius 3 is 2.40 bits per heavy atom. The van der Waals surface area contributed by atoms with Crippen LogP contribution in [0.25, 0.3) is 0 Å². The van der Waals surface area contributed by atoms with E-state index in [2.05, 4.69) is 19.6 Å². The SMILES string of the molecule is C=C/C=C\CCCCC(=O)CCCCC. The zero-order valence-electron chi connectivity index (χ0n) is 10.0. The maximum Gasteiger partial charge on any atom is 0.132 e. The highest BCUT2D eigenvalue weighted by Crippen LogP contribution is 2.06. The van der Waals surface area contributed by atoms with Gasteiger partial charge in [-0.3, -0.25) is 4.79 Å². The van der Waals surface area contributed by atoms with Crippen LogP contribution in [0.15, 0.2) is 24.8 Å². The van der Waals surface area contributed by atoms with Gasteiger partial charge in [0, 0.05) is 12.8 Å². The van der Waals surface area contributed by atoms with Crippen molar-refractivity contribution in [3.05, 3.63) is 24.8 Å². The molecule has 0 aromatic carbocycles. The first kappa shape index (κ1) is 14.2. The van der Waals surface area contributed by atoms with Gasteiger partial charge in [0.1, 0.15) is 5.78 Å². The smallest absolute Gasteiger partial charge is 0.132 e. The van der Waals surface area contributed by atoms with Crippen LogP contribution < -0.4 is 0 Å². The summed E-state index contributed by atoms with van der Waals surface area (Å²) in [5, 5.41) is 0. The van der Waals surface area contributed by atoms with Gasteiger partial charge in [-0.25, -0.2) is 0 Å². The van der Waals surface area contributed by atoms with E-state index in [0.29, 0.717) is 5.78 Å². The number of Topliss-reactive ketones (excluding diaryl/α,β-unsaturated/α-hetero) is 1. The average Bonchev–Trinajstić information content (AvgIpc) is 2.23. The molecule has 15 heavy (non-hydrogen) atoms. The molecule has 0 fully saturated rings. The number of unbranched alkanes of at least 4 members (excludes halogenated alkanes) is 4. The summed E-state index contributed by atoms with van der Waals surface area (Å²) >= 11 is 0. The van der Waals surface area contributed by atoms with E-state index in [4.69, 9.17) is 0 Å². The summed E-state index contributed by atoms with van der Waals surface area (Å²) in [5.74, 6) is 0.441. The van der Waals surface area contributed by atoms with Crippen molar-refractivity contribution >= 4 is 5.78 Å². The third-order valence-corrected chi connectivity index (χ3v) is 2.41. The molecular formula is C14H24O. The van der Waals surface area contributed by atoms with Crippen molar-refractivity contribution < 1.29 is 4.79 Å². The van der Waals surface area contributed by atoms with Crippen LogP contribution in [0.2, 0.25) is 0 Å². The molecule has 1 heteroatoms. The van der Waals surface area contributed by atoms with Crippen LogP contribution in [-0.4, -0.2) is 5.78 Å². The Labute approximate surface area is 94.3 Å². The normalized spacial score (nSPS) is 10.7. The van der Waals surface area contributed by atoms with Crippen LogP contribution in [-0.2, 0) is 4.79 Å². The highest BCUT2D eigenvalue weighted by molar-refractivity contribution is 5.78. The fourth-order valence-corrected chi connectivity index (χ4v) is 1.47.